The van der Waals surface area contributed by atoms with Gasteiger partial charge in [-0.2, -0.15) is 0 Å². The van der Waals surface area contributed by atoms with Gasteiger partial charge in [-0.1, -0.05) is 13.0 Å². The first-order valence-electron chi connectivity index (χ1n) is 5.18. The van der Waals surface area contributed by atoms with E-state index in [2.05, 4.69) is 36.7 Å². The normalized spacial score (nSPS) is 15.4. The molecule has 0 aliphatic carbocycles. The first-order valence-corrected chi connectivity index (χ1v) is 6.06. The van der Waals surface area contributed by atoms with E-state index in [0.29, 0.717) is 12.1 Å². The van der Waals surface area contributed by atoms with Gasteiger partial charge in [0.15, 0.2) is 0 Å². The molecule has 0 radical (unpaired) electrons. The summed E-state index contributed by atoms with van der Waals surface area (Å²) in [6.07, 6.45) is 1.91. The molecule has 0 aliphatic rings. The zero-order valence-corrected chi connectivity index (χ0v) is 9.68. The zero-order chi connectivity index (χ0) is 10.4. The lowest BCUT2D eigenvalue weighted by Gasteiger charge is -2.20. The fraction of sp³-hybridized carbons (Fsp3) is 0.636. The van der Waals surface area contributed by atoms with E-state index in [9.17, 15) is 0 Å². The van der Waals surface area contributed by atoms with Crippen LogP contribution in [0.1, 0.15) is 37.6 Å². The smallest absolute Gasteiger partial charge is 0.0449 e. The Kier molecular flexibility index (Phi) is 5.15. The molecule has 0 aliphatic heterocycles. The highest BCUT2D eigenvalue weighted by Crippen LogP contribution is 2.22. The second-order valence-electron chi connectivity index (χ2n) is 3.56. The van der Waals surface area contributed by atoms with Crippen molar-refractivity contribution >= 4 is 11.3 Å². The maximum atomic E-state index is 8.99. The number of nitrogens with one attached hydrogen (secondary N) is 1. The van der Waals surface area contributed by atoms with Crippen LogP contribution in [0.3, 0.4) is 0 Å². The van der Waals surface area contributed by atoms with Gasteiger partial charge in [0.1, 0.15) is 0 Å². The fourth-order valence-electron chi connectivity index (χ4n) is 1.39. The van der Waals surface area contributed by atoms with Gasteiger partial charge in [0, 0.05) is 23.6 Å². The first-order chi connectivity index (χ1) is 6.77. The van der Waals surface area contributed by atoms with Crippen molar-refractivity contribution in [2.45, 2.75) is 38.8 Å². The third-order valence-electron chi connectivity index (χ3n) is 2.40. The molecule has 0 saturated carbocycles. The Hall–Kier alpha value is -0.380. The van der Waals surface area contributed by atoms with Gasteiger partial charge < -0.3 is 10.4 Å². The van der Waals surface area contributed by atoms with Crippen molar-refractivity contribution in [1.29, 1.82) is 0 Å². The summed E-state index contributed by atoms with van der Waals surface area (Å²) in [5.74, 6) is 0. The summed E-state index contributed by atoms with van der Waals surface area (Å²) in [5.41, 5.74) is 0. The summed E-state index contributed by atoms with van der Waals surface area (Å²) < 4.78 is 0. The van der Waals surface area contributed by atoms with E-state index in [1.165, 1.54) is 4.88 Å². The van der Waals surface area contributed by atoms with Crippen molar-refractivity contribution in [3.8, 4) is 0 Å². The Morgan fingerprint density at radius 3 is 2.86 bits per heavy atom. The van der Waals surface area contributed by atoms with Crippen LogP contribution in [-0.4, -0.2) is 17.8 Å². The Morgan fingerprint density at radius 1 is 1.57 bits per heavy atom. The molecule has 1 rings (SSSR count). The van der Waals surface area contributed by atoms with Crippen LogP contribution in [0, 0.1) is 0 Å². The lowest BCUT2D eigenvalue weighted by atomic mass is 10.1. The predicted octanol–water partition coefficient (Wildman–Crippen LogP) is 2.56. The summed E-state index contributed by atoms with van der Waals surface area (Å²) in [6, 6.07) is 5.01. The van der Waals surface area contributed by atoms with Crippen LogP contribution in [0.2, 0.25) is 0 Å². The molecular formula is C11H19NOS. The van der Waals surface area contributed by atoms with Crippen molar-refractivity contribution in [3.05, 3.63) is 22.4 Å². The minimum absolute atomic E-state index is 0.242. The third-order valence-corrected chi connectivity index (χ3v) is 3.39. The lowest BCUT2D eigenvalue weighted by Crippen LogP contribution is -2.30. The number of thiophene rings is 1. The number of rotatable bonds is 6. The zero-order valence-electron chi connectivity index (χ0n) is 8.86. The largest absolute Gasteiger partial charge is 0.396 e. The Bertz CT molecular complexity index is 235. The molecule has 0 saturated heterocycles. The van der Waals surface area contributed by atoms with Gasteiger partial charge in [-0.3, -0.25) is 0 Å². The average molecular weight is 213 g/mol. The molecule has 2 nitrogen and oxygen atoms in total. The second-order valence-corrected chi connectivity index (χ2v) is 4.54. The number of aliphatic hydroxyl groups excluding tert-OH is 1. The van der Waals surface area contributed by atoms with Gasteiger partial charge in [-0.15, -0.1) is 11.3 Å². The molecule has 1 heterocycles. The van der Waals surface area contributed by atoms with Crippen LogP contribution >= 0.6 is 11.3 Å². The highest BCUT2D eigenvalue weighted by molar-refractivity contribution is 7.10. The summed E-state index contributed by atoms with van der Waals surface area (Å²) in [4.78, 5) is 1.32. The predicted molar refractivity (Wildman–Crippen MR) is 61.7 cm³/mol. The second kappa shape index (κ2) is 6.17. The highest BCUT2D eigenvalue weighted by atomic mass is 32.1. The summed E-state index contributed by atoms with van der Waals surface area (Å²) in [5, 5.41) is 14.6. The first kappa shape index (κ1) is 11.7. The highest BCUT2D eigenvalue weighted by Gasteiger charge is 2.13. The van der Waals surface area contributed by atoms with Crippen molar-refractivity contribution in [2.75, 3.05) is 6.61 Å². The van der Waals surface area contributed by atoms with E-state index >= 15 is 0 Å². The van der Waals surface area contributed by atoms with Crippen LogP contribution in [0.4, 0.5) is 0 Å². The van der Waals surface area contributed by atoms with Gasteiger partial charge in [0.05, 0.1) is 0 Å². The molecule has 2 unspecified atom stereocenters. The molecule has 1 aromatic heterocycles. The van der Waals surface area contributed by atoms with Crippen molar-refractivity contribution in [2.24, 2.45) is 0 Å². The summed E-state index contributed by atoms with van der Waals surface area (Å²) >= 11 is 1.75. The average Bonchev–Trinajstić information content (AvgIpc) is 2.69. The topological polar surface area (TPSA) is 32.3 Å². The molecule has 0 amide bonds. The number of hydrogen-bond acceptors (Lipinski definition) is 3. The van der Waals surface area contributed by atoms with Crippen LogP contribution < -0.4 is 5.32 Å². The molecule has 1 aromatic rings. The number of hydrogen-bond donors (Lipinski definition) is 2. The minimum atomic E-state index is 0.242. The van der Waals surface area contributed by atoms with Crippen LogP contribution in [0.15, 0.2) is 17.5 Å². The SMILES string of the molecule is CCC(C)NC(CCO)c1cccs1. The van der Waals surface area contributed by atoms with Crippen molar-refractivity contribution < 1.29 is 5.11 Å². The van der Waals surface area contributed by atoms with Crippen LogP contribution in [0.5, 0.6) is 0 Å². The van der Waals surface area contributed by atoms with Gasteiger partial charge >= 0.3 is 0 Å². The third kappa shape index (κ3) is 3.40. The van der Waals surface area contributed by atoms with Gasteiger partial charge in [0.25, 0.3) is 0 Å². The standard InChI is InChI=1S/C11H19NOS/c1-3-9(2)12-10(6-7-13)11-5-4-8-14-11/h4-5,8-10,12-13H,3,6-7H2,1-2H3. The molecule has 0 aromatic carbocycles. The number of aliphatic hydroxyl groups is 1. The maximum absolute atomic E-state index is 8.99. The van der Waals surface area contributed by atoms with Gasteiger partial charge in [-0.05, 0) is 31.2 Å². The van der Waals surface area contributed by atoms with Crippen molar-refractivity contribution in [3.63, 3.8) is 0 Å². The quantitative estimate of drug-likeness (QED) is 0.761. The van der Waals surface area contributed by atoms with E-state index < -0.39 is 0 Å². The van der Waals surface area contributed by atoms with E-state index in [1.807, 2.05) is 0 Å². The molecular weight excluding hydrogens is 194 g/mol. The Morgan fingerprint density at radius 2 is 2.36 bits per heavy atom. The van der Waals surface area contributed by atoms with Crippen LogP contribution in [0.25, 0.3) is 0 Å². The summed E-state index contributed by atoms with van der Waals surface area (Å²) in [7, 11) is 0. The summed E-state index contributed by atoms with van der Waals surface area (Å²) in [6.45, 7) is 4.59. The van der Waals surface area contributed by atoms with E-state index in [1.54, 1.807) is 11.3 Å². The molecule has 80 valence electrons. The van der Waals surface area contributed by atoms with Crippen LogP contribution in [-0.2, 0) is 0 Å². The monoisotopic (exact) mass is 213 g/mol. The molecule has 3 heteroatoms. The van der Waals surface area contributed by atoms with Gasteiger partial charge in [-0.25, -0.2) is 0 Å². The Labute approximate surface area is 90.0 Å². The molecule has 2 N–H and O–H groups in total. The minimum Gasteiger partial charge on any atom is -0.396 e. The molecule has 0 fully saturated rings. The lowest BCUT2D eigenvalue weighted by molar-refractivity contribution is 0.260. The molecule has 2 atom stereocenters. The maximum Gasteiger partial charge on any atom is 0.0449 e. The van der Waals surface area contributed by atoms with E-state index in [-0.39, 0.29) is 6.61 Å². The van der Waals surface area contributed by atoms with E-state index in [0.717, 1.165) is 12.8 Å². The molecule has 0 spiro atoms. The molecule has 14 heavy (non-hydrogen) atoms. The Balaban J connectivity index is 2.55. The molecule has 0 bridgehead atoms. The van der Waals surface area contributed by atoms with E-state index in [4.69, 9.17) is 5.11 Å². The van der Waals surface area contributed by atoms with Crippen molar-refractivity contribution in [1.82, 2.24) is 5.32 Å². The van der Waals surface area contributed by atoms with Gasteiger partial charge in [0.2, 0.25) is 0 Å². The fourth-order valence-corrected chi connectivity index (χ4v) is 2.21.